The van der Waals surface area contributed by atoms with Gasteiger partial charge < -0.3 is 19.7 Å². The third-order valence-electron chi connectivity index (χ3n) is 3.57. The van der Waals surface area contributed by atoms with Gasteiger partial charge in [-0.25, -0.2) is 9.59 Å². The van der Waals surface area contributed by atoms with Gasteiger partial charge in [-0.15, -0.1) is 11.3 Å². The van der Waals surface area contributed by atoms with Crippen molar-refractivity contribution in [2.45, 2.75) is 20.8 Å². The van der Waals surface area contributed by atoms with Crippen LogP contribution >= 0.6 is 11.3 Å². The van der Waals surface area contributed by atoms with Crippen molar-refractivity contribution in [3.8, 4) is 0 Å². The Kier molecular flexibility index (Phi) is 7.18. The molecule has 1 aromatic rings. The van der Waals surface area contributed by atoms with Crippen molar-refractivity contribution < 1.29 is 28.8 Å². The summed E-state index contributed by atoms with van der Waals surface area (Å²) in [5, 5.41) is 3.03. The first-order valence-electron chi connectivity index (χ1n) is 7.32. The van der Waals surface area contributed by atoms with Gasteiger partial charge in [-0.05, 0) is 26.3 Å². The molecule has 1 rings (SSSR count). The van der Waals surface area contributed by atoms with Crippen LogP contribution in [0.2, 0.25) is 0 Å². The molecule has 7 nitrogen and oxygen atoms in total. The van der Waals surface area contributed by atoms with Crippen LogP contribution in [0.4, 0.5) is 5.00 Å². The Labute approximate surface area is 139 Å². The molecule has 128 valence electrons. The summed E-state index contributed by atoms with van der Waals surface area (Å²) in [6.45, 7) is 7.56. The Morgan fingerprint density at radius 3 is 2.13 bits per heavy atom. The summed E-state index contributed by atoms with van der Waals surface area (Å²) in [5.41, 5.74) is 0.639. The van der Waals surface area contributed by atoms with E-state index >= 15 is 0 Å². The first-order chi connectivity index (χ1) is 10.9. The summed E-state index contributed by atoms with van der Waals surface area (Å²) < 4.78 is 9.45. The fourth-order valence-corrected chi connectivity index (χ4v) is 3.26. The number of quaternary nitrogens is 1. The van der Waals surface area contributed by atoms with E-state index < -0.39 is 11.9 Å². The molecule has 0 unspecified atom stereocenters. The van der Waals surface area contributed by atoms with E-state index in [-0.39, 0.29) is 22.9 Å². The van der Waals surface area contributed by atoms with Crippen LogP contribution < -0.4 is 10.2 Å². The van der Waals surface area contributed by atoms with Crippen LogP contribution in [0.5, 0.6) is 0 Å². The maximum atomic E-state index is 12.2. The maximum Gasteiger partial charge on any atom is 0.348 e. The summed E-state index contributed by atoms with van der Waals surface area (Å²) >= 11 is 1.02. The van der Waals surface area contributed by atoms with Crippen molar-refractivity contribution in [3.05, 3.63) is 16.0 Å². The SMILES string of the molecule is CC[NH+](CC)CC(=O)Nc1sc(C(=O)OC)c(C)c1C(=O)OC. The molecule has 0 aliphatic carbocycles. The van der Waals surface area contributed by atoms with Crippen LogP contribution in [-0.4, -0.2) is 51.7 Å². The third kappa shape index (κ3) is 4.52. The number of anilines is 1. The van der Waals surface area contributed by atoms with Gasteiger partial charge in [0.2, 0.25) is 0 Å². The van der Waals surface area contributed by atoms with Gasteiger partial charge in [-0.1, -0.05) is 0 Å². The number of thiophene rings is 1. The molecule has 0 aliphatic rings. The standard InChI is InChI=1S/C15H22N2O5S/c1-6-17(7-2)8-10(18)16-13-11(14(19)21-4)9(3)12(23-13)15(20)22-5/h6-8H2,1-5H3,(H,16,18)/p+1. The van der Waals surface area contributed by atoms with Crippen molar-refractivity contribution in [1.29, 1.82) is 0 Å². The molecule has 0 fully saturated rings. The Morgan fingerprint density at radius 1 is 1.09 bits per heavy atom. The lowest BCUT2D eigenvalue weighted by Gasteiger charge is -2.14. The van der Waals surface area contributed by atoms with Crippen LogP contribution in [-0.2, 0) is 14.3 Å². The van der Waals surface area contributed by atoms with Crippen LogP contribution in [0, 0.1) is 6.92 Å². The van der Waals surface area contributed by atoms with E-state index in [0.717, 1.165) is 29.3 Å². The molecule has 0 bridgehead atoms. The van der Waals surface area contributed by atoms with Gasteiger partial charge in [0, 0.05) is 0 Å². The molecule has 8 heteroatoms. The smallest absolute Gasteiger partial charge is 0.348 e. The maximum absolute atomic E-state index is 12.2. The van der Waals surface area contributed by atoms with E-state index in [1.165, 1.54) is 14.2 Å². The normalized spacial score (nSPS) is 10.5. The molecule has 2 N–H and O–H groups in total. The average molecular weight is 343 g/mol. The van der Waals surface area contributed by atoms with Gasteiger partial charge in [0.15, 0.2) is 6.54 Å². The fourth-order valence-electron chi connectivity index (χ4n) is 2.13. The predicted octanol–water partition coefficient (Wildman–Crippen LogP) is 0.493. The monoisotopic (exact) mass is 343 g/mol. The lowest BCUT2D eigenvalue weighted by Crippen LogP contribution is -3.12. The Bertz CT molecular complexity index is 593. The van der Waals surface area contributed by atoms with E-state index in [1.807, 2.05) is 13.8 Å². The number of nitrogens with one attached hydrogen (secondary N) is 2. The van der Waals surface area contributed by atoms with E-state index in [2.05, 4.69) is 5.32 Å². The second-order valence-electron chi connectivity index (χ2n) is 4.93. The zero-order chi connectivity index (χ0) is 17.6. The Morgan fingerprint density at radius 2 is 1.65 bits per heavy atom. The summed E-state index contributed by atoms with van der Waals surface area (Å²) in [6, 6.07) is 0. The van der Waals surface area contributed by atoms with Crippen LogP contribution in [0.1, 0.15) is 39.4 Å². The highest BCUT2D eigenvalue weighted by molar-refractivity contribution is 7.18. The molecule has 0 saturated carbocycles. The summed E-state index contributed by atoms with van der Waals surface area (Å²) in [7, 11) is 2.52. The zero-order valence-corrected chi connectivity index (χ0v) is 14.9. The topological polar surface area (TPSA) is 86.1 Å². The number of esters is 2. The second-order valence-corrected chi connectivity index (χ2v) is 5.95. The number of hydrogen-bond donors (Lipinski definition) is 2. The molecule has 1 heterocycles. The largest absolute Gasteiger partial charge is 0.465 e. The summed E-state index contributed by atoms with van der Waals surface area (Å²) in [6.07, 6.45) is 0. The quantitative estimate of drug-likeness (QED) is 0.704. The van der Waals surface area contributed by atoms with E-state index in [0.29, 0.717) is 10.6 Å². The minimum Gasteiger partial charge on any atom is -0.465 e. The lowest BCUT2D eigenvalue weighted by atomic mass is 10.1. The molecule has 1 aromatic heterocycles. The van der Waals surface area contributed by atoms with Crippen molar-refractivity contribution in [2.24, 2.45) is 0 Å². The summed E-state index contributed by atoms with van der Waals surface area (Å²) in [4.78, 5) is 37.3. The van der Waals surface area contributed by atoms with Crippen LogP contribution in [0.25, 0.3) is 0 Å². The highest BCUT2D eigenvalue weighted by Crippen LogP contribution is 2.34. The first-order valence-corrected chi connectivity index (χ1v) is 8.14. The Balaban J connectivity index is 3.11. The minimum absolute atomic E-state index is 0.195. The molecule has 0 saturated heterocycles. The summed E-state index contributed by atoms with van der Waals surface area (Å²) in [5.74, 6) is -1.36. The molecule has 0 atom stereocenters. The van der Waals surface area contributed by atoms with Gasteiger partial charge >= 0.3 is 11.9 Å². The number of ether oxygens (including phenoxy) is 2. The highest BCUT2D eigenvalue weighted by atomic mass is 32.1. The van der Waals surface area contributed by atoms with Crippen LogP contribution in [0.3, 0.4) is 0 Å². The van der Waals surface area contributed by atoms with Gasteiger partial charge in [-0.3, -0.25) is 4.79 Å². The number of likely N-dealkylation sites (N-methyl/N-ethyl adjacent to an activating group) is 1. The van der Waals surface area contributed by atoms with Crippen molar-refractivity contribution >= 4 is 34.2 Å². The van der Waals surface area contributed by atoms with Gasteiger partial charge in [0.05, 0.1) is 32.9 Å². The van der Waals surface area contributed by atoms with Crippen molar-refractivity contribution in [3.63, 3.8) is 0 Å². The van der Waals surface area contributed by atoms with Crippen molar-refractivity contribution in [2.75, 3.05) is 39.2 Å². The number of carbonyl (C=O) groups is 3. The first kappa shape index (κ1) is 19.1. The zero-order valence-electron chi connectivity index (χ0n) is 14.1. The second kappa shape index (κ2) is 8.64. The molecular weight excluding hydrogens is 320 g/mol. The molecule has 0 aromatic carbocycles. The van der Waals surface area contributed by atoms with E-state index in [9.17, 15) is 14.4 Å². The number of hydrogen-bond acceptors (Lipinski definition) is 6. The van der Waals surface area contributed by atoms with Crippen molar-refractivity contribution in [1.82, 2.24) is 0 Å². The van der Waals surface area contributed by atoms with Gasteiger partial charge in [0.1, 0.15) is 9.88 Å². The van der Waals surface area contributed by atoms with Gasteiger partial charge in [-0.2, -0.15) is 0 Å². The number of amides is 1. The number of carbonyl (C=O) groups excluding carboxylic acids is 3. The molecular formula is C15H23N2O5S+. The minimum atomic E-state index is -0.598. The van der Waals surface area contributed by atoms with Gasteiger partial charge in [0.25, 0.3) is 5.91 Å². The molecule has 0 radical (unpaired) electrons. The highest BCUT2D eigenvalue weighted by Gasteiger charge is 2.27. The molecule has 0 spiro atoms. The lowest BCUT2D eigenvalue weighted by molar-refractivity contribution is -0.888. The predicted molar refractivity (Wildman–Crippen MR) is 87.3 cm³/mol. The number of rotatable bonds is 7. The molecule has 1 amide bonds. The molecule has 0 aliphatic heterocycles. The fraction of sp³-hybridized carbons (Fsp3) is 0.533. The number of methoxy groups -OCH3 is 2. The van der Waals surface area contributed by atoms with E-state index in [4.69, 9.17) is 9.47 Å². The average Bonchev–Trinajstić information content (AvgIpc) is 2.87. The van der Waals surface area contributed by atoms with E-state index in [1.54, 1.807) is 6.92 Å². The molecule has 23 heavy (non-hydrogen) atoms. The third-order valence-corrected chi connectivity index (χ3v) is 4.76. The van der Waals surface area contributed by atoms with Crippen LogP contribution in [0.15, 0.2) is 0 Å². The Hall–Kier alpha value is -1.93.